The maximum Gasteiger partial charge on any atom is 0.247 e. The standard InChI is InChI=1S/C18H18N4O3S2/c1-11(14-4-3-9-26-14)20-21-18(19)27-15-10-16(23)22(17(15)24)12-5-7-13(25-2)8-6-12/h3-9,15H,10H2,1-2H3,(H2,19,21)/t15-/m1/s1. The Labute approximate surface area is 164 Å². The fraction of sp³-hybridized carbons (Fsp3) is 0.222. The number of hydrogen-bond acceptors (Lipinski definition) is 7. The van der Waals surface area contributed by atoms with Crippen LogP contribution in [-0.2, 0) is 9.59 Å². The van der Waals surface area contributed by atoms with Crippen molar-refractivity contribution >= 4 is 51.5 Å². The van der Waals surface area contributed by atoms with Crippen molar-refractivity contribution < 1.29 is 14.3 Å². The van der Waals surface area contributed by atoms with Gasteiger partial charge < -0.3 is 10.5 Å². The largest absolute Gasteiger partial charge is 0.497 e. The summed E-state index contributed by atoms with van der Waals surface area (Å²) in [7, 11) is 1.55. The third kappa shape index (κ3) is 4.37. The van der Waals surface area contributed by atoms with Crippen LogP contribution in [0.5, 0.6) is 5.75 Å². The van der Waals surface area contributed by atoms with Gasteiger partial charge in [0.05, 0.1) is 23.4 Å². The third-order valence-corrected chi connectivity index (χ3v) is 5.83. The van der Waals surface area contributed by atoms with Crippen molar-refractivity contribution in [2.45, 2.75) is 18.6 Å². The van der Waals surface area contributed by atoms with Crippen molar-refractivity contribution in [3.05, 3.63) is 46.7 Å². The van der Waals surface area contributed by atoms with Crippen molar-refractivity contribution in [1.29, 1.82) is 0 Å². The minimum absolute atomic E-state index is 0.0688. The predicted molar refractivity (Wildman–Crippen MR) is 110 cm³/mol. The summed E-state index contributed by atoms with van der Waals surface area (Å²) in [5.74, 6) is 0.0696. The van der Waals surface area contributed by atoms with Gasteiger partial charge in [-0.05, 0) is 42.6 Å². The van der Waals surface area contributed by atoms with E-state index in [4.69, 9.17) is 10.5 Å². The molecule has 7 nitrogen and oxygen atoms in total. The van der Waals surface area contributed by atoms with Gasteiger partial charge >= 0.3 is 0 Å². The lowest BCUT2D eigenvalue weighted by molar-refractivity contribution is -0.121. The van der Waals surface area contributed by atoms with Crippen molar-refractivity contribution in [3.63, 3.8) is 0 Å². The summed E-state index contributed by atoms with van der Waals surface area (Å²) >= 11 is 2.61. The number of benzene rings is 1. The fourth-order valence-corrected chi connectivity index (χ4v) is 4.01. The Hall–Kier alpha value is -2.65. The molecule has 9 heteroatoms. The maximum absolute atomic E-state index is 12.6. The number of carbonyl (C=O) groups excluding carboxylic acids is 2. The Morgan fingerprint density at radius 1 is 1.26 bits per heavy atom. The number of carbonyl (C=O) groups is 2. The molecule has 1 atom stereocenters. The monoisotopic (exact) mass is 402 g/mol. The molecule has 0 bridgehead atoms. The predicted octanol–water partition coefficient (Wildman–Crippen LogP) is 2.86. The highest BCUT2D eigenvalue weighted by molar-refractivity contribution is 8.14. The zero-order valence-electron chi connectivity index (χ0n) is 14.8. The van der Waals surface area contributed by atoms with Crippen LogP contribution in [0.25, 0.3) is 0 Å². The number of amidine groups is 1. The third-order valence-electron chi connectivity index (χ3n) is 3.88. The van der Waals surface area contributed by atoms with E-state index in [9.17, 15) is 9.59 Å². The topological polar surface area (TPSA) is 97.3 Å². The van der Waals surface area contributed by atoms with Gasteiger partial charge in [0.15, 0.2) is 5.17 Å². The molecule has 0 radical (unpaired) electrons. The molecule has 1 aromatic heterocycles. The Morgan fingerprint density at radius 2 is 2.00 bits per heavy atom. The van der Waals surface area contributed by atoms with Gasteiger partial charge in [-0.15, -0.1) is 16.4 Å². The molecule has 0 saturated carbocycles. The number of amides is 2. The van der Waals surface area contributed by atoms with Crippen LogP contribution in [0.4, 0.5) is 5.69 Å². The molecule has 140 valence electrons. The molecule has 2 heterocycles. The molecule has 27 heavy (non-hydrogen) atoms. The first-order chi connectivity index (χ1) is 13.0. The molecule has 0 unspecified atom stereocenters. The number of rotatable bonds is 5. The summed E-state index contributed by atoms with van der Waals surface area (Å²) in [6.45, 7) is 1.84. The molecule has 1 fully saturated rings. The lowest BCUT2D eigenvalue weighted by Gasteiger charge is -2.15. The number of hydrogen-bond donors (Lipinski definition) is 1. The molecule has 2 amide bonds. The van der Waals surface area contributed by atoms with Gasteiger partial charge in [0, 0.05) is 6.42 Å². The molecule has 1 aromatic carbocycles. The van der Waals surface area contributed by atoms with E-state index in [-0.39, 0.29) is 23.4 Å². The SMILES string of the molecule is COc1ccc(N2C(=O)C[C@@H](SC(N)=NN=C(C)c3cccs3)C2=O)cc1. The smallest absolute Gasteiger partial charge is 0.247 e. The molecule has 0 aliphatic carbocycles. The molecule has 1 saturated heterocycles. The number of anilines is 1. The second kappa shape index (κ2) is 8.36. The second-order valence-electron chi connectivity index (χ2n) is 5.68. The first kappa shape index (κ1) is 19.1. The van der Waals surface area contributed by atoms with E-state index < -0.39 is 5.25 Å². The van der Waals surface area contributed by atoms with E-state index in [1.807, 2.05) is 24.4 Å². The molecular formula is C18H18N4O3S2. The Balaban J connectivity index is 1.69. The average Bonchev–Trinajstić information content (AvgIpc) is 3.29. The zero-order valence-corrected chi connectivity index (χ0v) is 16.4. The van der Waals surface area contributed by atoms with Crippen molar-refractivity contribution in [3.8, 4) is 5.75 Å². The number of imide groups is 1. The summed E-state index contributed by atoms with van der Waals surface area (Å²) in [6.07, 6.45) is 0.0688. The van der Waals surface area contributed by atoms with Gasteiger partial charge in [0.2, 0.25) is 11.8 Å². The van der Waals surface area contributed by atoms with Gasteiger partial charge in [-0.25, -0.2) is 4.90 Å². The highest BCUT2D eigenvalue weighted by Crippen LogP contribution is 2.30. The van der Waals surface area contributed by atoms with Gasteiger partial charge in [-0.3, -0.25) is 9.59 Å². The minimum Gasteiger partial charge on any atom is -0.497 e. The highest BCUT2D eigenvalue weighted by atomic mass is 32.2. The number of ether oxygens (including phenoxy) is 1. The number of thiophene rings is 1. The molecule has 2 N–H and O–H groups in total. The van der Waals surface area contributed by atoms with Crippen LogP contribution in [-0.4, -0.2) is 35.1 Å². The van der Waals surface area contributed by atoms with Gasteiger partial charge in [0.1, 0.15) is 11.0 Å². The van der Waals surface area contributed by atoms with Crippen LogP contribution in [0.15, 0.2) is 52.0 Å². The molecule has 0 spiro atoms. The zero-order chi connectivity index (χ0) is 19.4. The van der Waals surface area contributed by atoms with Crippen molar-refractivity contribution in [1.82, 2.24) is 0 Å². The minimum atomic E-state index is -0.611. The first-order valence-corrected chi connectivity index (χ1v) is 9.84. The Morgan fingerprint density at radius 3 is 2.63 bits per heavy atom. The highest BCUT2D eigenvalue weighted by Gasteiger charge is 2.40. The molecule has 2 aromatic rings. The Bertz CT molecular complexity index is 892. The van der Waals surface area contributed by atoms with E-state index >= 15 is 0 Å². The summed E-state index contributed by atoms with van der Waals surface area (Å²) in [5.41, 5.74) is 7.14. The van der Waals surface area contributed by atoms with Crippen LogP contribution in [0.3, 0.4) is 0 Å². The second-order valence-corrected chi connectivity index (χ2v) is 7.85. The van der Waals surface area contributed by atoms with Crippen molar-refractivity contribution in [2.75, 3.05) is 12.0 Å². The van der Waals surface area contributed by atoms with Gasteiger partial charge in [0.25, 0.3) is 0 Å². The van der Waals surface area contributed by atoms with Crippen molar-refractivity contribution in [2.24, 2.45) is 15.9 Å². The summed E-state index contributed by atoms with van der Waals surface area (Å²) in [5, 5.41) is 9.56. The lowest BCUT2D eigenvalue weighted by Crippen LogP contribution is -2.31. The maximum atomic E-state index is 12.6. The quantitative estimate of drug-likeness (QED) is 0.359. The number of nitrogens with zero attached hydrogens (tertiary/aromatic N) is 3. The fourth-order valence-electron chi connectivity index (χ4n) is 2.53. The number of methoxy groups -OCH3 is 1. The molecule has 1 aliphatic heterocycles. The molecule has 1 aliphatic rings. The Kier molecular flexibility index (Phi) is 5.92. The molecule has 3 rings (SSSR count). The summed E-state index contributed by atoms with van der Waals surface area (Å²) in [6, 6.07) is 10.6. The van der Waals surface area contributed by atoms with Crippen LogP contribution >= 0.6 is 23.1 Å². The first-order valence-electron chi connectivity index (χ1n) is 8.08. The number of nitrogens with two attached hydrogens (primary N) is 1. The van der Waals surface area contributed by atoms with E-state index in [1.165, 1.54) is 4.90 Å². The van der Waals surface area contributed by atoms with Crippen LogP contribution in [0.1, 0.15) is 18.2 Å². The van der Waals surface area contributed by atoms with Crippen LogP contribution < -0.4 is 15.4 Å². The van der Waals surface area contributed by atoms with Gasteiger partial charge in [-0.1, -0.05) is 17.8 Å². The summed E-state index contributed by atoms with van der Waals surface area (Å²) < 4.78 is 5.10. The van der Waals surface area contributed by atoms with Gasteiger partial charge in [-0.2, -0.15) is 5.10 Å². The normalized spacial score (nSPS) is 18.3. The van der Waals surface area contributed by atoms with E-state index in [0.29, 0.717) is 11.4 Å². The summed E-state index contributed by atoms with van der Waals surface area (Å²) in [4.78, 5) is 27.1. The van der Waals surface area contributed by atoms with Crippen LogP contribution in [0, 0.1) is 0 Å². The van der Waals surface area contributed by atoms with E-state index in [0.717, 1.165) is 22.4 Å². The van der Waals surface area contributed by atoms with Crippen LogP contribution in [0.2, 0.25) is 0 Å². The van der Waals surface area contributed by atoms with E-state index in [1.54, 1.807) is 42.7 Å². The van der Waals surface area contributed by atoms with E-state index in [2.05, 4.69) is 10.2 Å². The lowest BCUT2D eigenvalue weighted by atomic mass is 10.3. The molecular weight excluding hydrogens is 384 g/mol. The number of thioether (sulfide) groups is 1. The average molecular weight is 403 g/mol.